The Morgan fingerprint density at radius 1 is 0.966 bits per heavy atom. The molecule has 0 aliphatic carbocycles. The number of sulfonamides is 1. The van der Waals surface area contributed by atoms with E-state index < -0.39 is 16.1 Å². The Kier molecular flexibility index (Phi) is 5.04. The zero-order valence-corrected chi connectivity index (χ0v) is 17.0. The quantitative estimate of drug-likeness (QED) is 0.494. The Bertz CT molecular complexity index is 1300. The van der Waals surface area contributed by atoms with Crippen LogP contribution in [0, 0.1) is 6.92 Å². The van der Waals surface area contributed by atoms with Gasteiger partial charge in [0.1, 0.15) is 0 Å². The zero-order valence-electron chi connectivity index (χ0n) is 15.4. The van der Waals surface area contributed by atoms with Gasteiger partial charge in [0.2, 0.25) is 0 Å². The van der Waals surface area contributed by atoms with Gasteiger partial charge in [-0.25, -0.2) is 22.9 Å². The Morgan fingerprint density at radius 2 is 1.69 bits per heavy atom. The van der Waals surface area contributed by atoms with E-state index in [1.807, 2.05) is 59.5 Å². The van der Waals surface area contributed by atoms with E-state index in [1.54, 1.807) is 12.1 Å². The number of anilines is 1. The van der Waals surface area contributed by atoms with Crippen LogP contribution in [0.25, 0.3) is 22.0 Å². The number of rotatable bonds is 4. The molecule has 4 aromatic rings. The molecular formula is C21H17N3O3S2. The lowest BCUT2D eigenvalue weighted by Gasteiger charge is -2.07. The van der Waals surface area contributed by atoms with E-state index in [4.69, 9.17) is 0 Å². The SMILES string of the molecule is Cc1ccc(S(=O)(=O)NC(=O)Nc2nc(-c3ccc4ccccc4c3)cs2)cc1. The Morgan fingerprint density at radius 3 is 2.45 bits per heavy atom. The first-order valence-electron chi connectivity index (χ1n) is 8.76. The maximum absolute atomic E-state index is 12.3. The highest BCUT2D eigenvalue weighted by atomic mass is 32.2. The predicted molar refractivity (Wildman–Crippen MR) is 116 cm³/mol. The number of carbonyl (C=O) groups is 1. The summed E-state index contributed by atoms with van der Waals surface area (Å²) in [5.41, 5.74) is 2.55. The van der Waals surface area contributed by atoms with Crippen LogP contribution in [-0.4, -0.2) is 19.4 Å². The number of fused-ring (bicyclic) bond motifs is 1. The van der Waals surface area contributed by atoms with Gasteiger partial charge in [-0.2, -0.15) is 0 Å². The molecule has 0 saturated carbocycles. The second-order valence-electron chi connectivity index (χ2n) is 6.47. The van der Waals surface area contributed by atoms with Crippen LogP contribution in [0.2, 0.25) is 0 Å². The van der Waals surface area contributed by atoms with E-state index in [2.05, 4.69) is 10.3 Å². The number of aromatic nitrogens is 1. The lowest BCUT2D eigenvalue weighted by Crippen LogP contribution is -2.34. The number of hydrogen-bond acceptors (Lipinski definition) is 5. The van der Waals surface area contributed by atoms with Crippen molar-refractivity contribution in [1.82, 2.24) is 9.71 Å². The van der Waals surface area contributed by atoms with Gasteiger partial charge in [0, 0.05) is 10.9 Å². The first-order chi connectivity index (χ1) is 13.9. The second-order valence-corrected chi connectivity index (χ2v) is 9.01. The molecule has 1 aromatic heterocycles. The van der Waals surface area contributed by atoms with E-state index in [0.717, 1.165) is 21.9 Å². The Hall–Kier alpha value is -3.23. The van der Waals surface area contributed by atoms with Crippen molar-refractivity contribution in [3.05, 3.63) is 77.7 Å². The van der Waals surface area contributed by atoms with Gasteiger partial charge in [-0.1, -0.05) is 54.1 Å². The van der Waals surface area contributed by atoms with Crippen molar-refractivity contribution >= 4 is 43.3 Å². The molecule has 0 spiro atoms. The normalized spacial score (nSPS) is 11.3. The fourth-order valence-electron chi connectivity index (χ4n) is 2.83. The van der Waals surface area contributed by atoms with Crippen molar-refractivity contribution in [3.8, 4) is 11.3 Å². The van der Waals surface area contributed by atoms with Crippen LogP contribution in [0.4, 0.5) is 9.93 Å². The molecule has 0 bridgehead atoms. The number of carbonyl (C=O) groups excluding carboxylic acids is 1. The number of aryl methyl sites for hydroxylation is 1. The number of thiazole rings is 1. The lowest BCUT2D eigenvalue weighted by atomic mass is 10.1. The summed E-state index contributed by atoms with van der Waals surface area (Å²) in [6.07, 6.45) is 0. The van der Waals surface area contributed by atoms with Gasteiger partial charge in [-0.15, -0.1) is 11.3 Å². The largest absolute Gasteiger partial charge is 0.334 e. The standard InChI is InChI=1S/C21H17N3O3S2/c1-14-6-10-18(11-7-14)29(26,27)24-20(25)23-21-22-19(13-28-21)17-9-8-15-4-2-3-5-16(15)12-17/h2-13H,1H3,(H2,22,23,24,25). The van der Waals surface area contributed by atoms with Gasteiger partial charge in [-0.05, 0) is 35.9 Å². The van der Waals surface area contributed by atoms with E-state index in [-0.39, 0.29) is 4.90 Å². The molecule has 6 nitrogen and oxygen atoms in total. The minimum Gasteiger partial charge on any atom is -0.283 e. The van der Waals surface area contributed by atoms with Crippen molar-refractivity contribution in [1.29, 1.82) is 0 Å². The van der Waals surface area contributed by atoms with Crippen LogP contribution in [0.3, 0.4) is 0 Å². The summed E-state index contributed by atoms with van der Waals surface area (Å²) < 4.78 is 26.6. The molecule has 0 unspecified atom stereocenters. The number of nitrogens with zero attached hydrogens (tertiary/aromatic N) is 1. The lowest BCUT2D eigenvalue weighted by molar-refractivity contribution is 0.256. The Labute approximate surface area is 172 Å². The van der Waals surface area contributed by atoms with Gasteiger partial charge in [0.25, 0.3) is 10.0 Å². The smallest absolute Gasteiger partial charge is 0.283 e. The van der Waals surface area contributed by atoms with E-state index in [0.29, 0.717) is 10.8 Å². The Balaban J connectivity index is 1.48. The van der Waals surface area contributed by atoms with Gasteiger partial charge in [0.05, 0.1) is 10.6 Å². The van der Waals surface area contributed by atoms with Crippen molar-refractivity contribution in [2.75, 3.05) is 5.32 Å². The average molecular weight is 424 g/mol. The van der Waals surface area contributed by atoms with Gasteiger partial charge < -0.3 is 0 Å². The molecule has 4 rings (SSSR count). The van der Waals surface area contributed by atoms with Crippen molar-refractivity contribution in [2.45, 2.75) is 11.8 Å². The van der Waals surface area contributed by atoms with Gasteiger partial charge >= 0.3 is 6.03 Å². The maximum atomic E-state index is 12.3. The molecule has 0 aliphatic heterocycles. The van der Waals surface area contributed by atoms with Crippen LogP contribution in [0.1, 0.15) is 5.56 Å². The number of amides is 2. The van der Waals surface area contributed by atoms with Gasteiger partial charge in [-0.3, -0.25) is 5.32 Å². The molecule has 1 heterocycles. The number of nitrogens with one attached hydrogen (secondary N) is 2. The van der Waals surface area contributed by atoms with Gasteiger partial charge in [0.15, 0.2) is 5.13 Å². The van der Waals surface area contributed by atoms with Crippen molar-refractivity contribution < 1.29 is 13.2 Å². The first kappa shape index (κ1) is 19.1. The van der Waals surface area contributed by atoms with Crippen LogP contribution in [-0.2, 0) is 10.0 Å². The molecule has 8 heteroatoms. The molecular weight excluding hydrogens is 406 g/mol. The summed E-state index contributed by atoms with van der Waals surface area (Å²) in [5.74, 6) is 0. The minimum absolute atomic E-state index is 0.0224. The molecule has 0 saturated heterocycles. The summed E-state index contributed by atoms with van der Waals surface area (Å²) in [6.45, 7) is 1.85. The van der Waals surface area contributed by atoms with Crippen LogP contribution < -0.4 is 10.0 Å². The average Bonchev–Trinajstić information content (AvgIpc) is 3.15. The second kappa shape index (κ2) is 7.65. The monoisotopic (exact) mass is 423 g/mol. The van der Waals surface area contributed by atoms with E-state index >= 15 is 0 Å². The highest BCUT2D eigenvalue weighted by Gasteiger charge is 2.18. The predicted octanol–water partition coefficient (Wildman–Crippen LogP) is 4.78. The third kappa shape index (κ3) is 4.28. The topological polar surface area (TPSA) is 88.2 Å². The summed E-state index contributed by atoms with van der Waals surface area (Å²) in [7, 11) is -3.95. The number of urea groups is 1. The number of benzene rings is 3. The third-order valence-corrected chi connectivity index (χ3v) is 6.43. The molecule has 146 valence electrons. The zero-order chi connectivity index (χ0) is 20.4. The van der Waals surface area contributed by atoms with E-state index in [1.165, 1.54) is 23.5 Å². The van der Waals surface area contributed by atoms with Crippen molar-refractivity contribution in [2.24, 2.45) is 0 Å². The minimum atomic E-state index is -3.95. The summed E-state index contributed by atoms with van der Waals surface area (Å²) in [5, 5.41) is 6.83. The summed E-state index contributed by atoms with van der Waals surface area (Å²) in [4.78, 5) is 16.6. The highest BCUT2D eigenvalue weighted by molar-refractivity contribution is 7.90. The first-order valence-corrected chi connectivity index (χ1v) is 11.1. The summed E-state index contributed by atoms with van der Waals surface area (Å²) >= 11 is 1.22. The fraction of sp³-hybridized carbons (Fsp3) is 0.0476. The fourth-order valence-corrected chi connectivity index (χ4v) is 4.46. The van der Waals surface area contributed by atoms with E-state index in [9.17, 15) is 13.2 Å². The van der Waals surface area contributed by atoms with Crippen LogP contribution >= 0.6 is 11.3 Å². The van der Waals surface area contributed by atoms with Crippen molar-refractivity contribution in [3.63, 3.8) is 0 Å². The summed E-state index contributed by atoms with van der Waals surface area (Å²) in [6, 6.07) is 19.4. The van der Waals surface area contributed by atoms with Crippen LogP contribution in [0.15, 0.2) is 77.0 Å². The third-order valence-electron chi connectivity index (χ3n) is 4.33. The number of hydrogen-bond donors (Lipinski definition) is 2. The molecule has 0 aliphatic rings. The molecule has 29 heavy (non-hydrogen) atoms. The molecule has 2 N–H and O–H groups in total. The molecule has 2 amide bonds. The molecule has 3 aromatic carbocycles. The molecule has 0 fully saturated rings. The van der Waals surface area contributed by atoms with Crippen LogP contribution in [0.5, 0.6) is 0 Å². The molecule has 0 radical (unpaired) electrons. The molecule has 0 atom stereocenters. The highest BCUT2D eigenvalue weighted by Crippen LogP contribution is 2.27. The maximum Gasteiger partial charge on any atom is 0.334 e.